The van der Waals surface area contributed by atoms with Gasteiger partial charge in [-0.2, -0.15) is 21.0 Å². The molecule has 0 unspecified atom stereocenters. The molecular weight excluding hydrogens is 1740 g/mol. The number of benzene rings is 8. The molecule has 0 radical (unpaired) electrons. The number of nitro benzene ring substituents is 1. The van der Waals surface area contributed by atoms with E-state index in [-0.39, 0.29) is 46.4 Å². The number of halogens is 1. The molecule has 16 rings (SSSR count). The van der Waals surface area contributed by atoms with E-state index in [1.165, 1.54) is 89.7 Å². The van der Waals surface area contributed by atoms with Crippen molar-refractivity contribution < 1.29 is 34.0 Å². The van der Waals surface area contributed by atoms with Crippen LogP contribution in [0.5, 0.6) is 0 Å². The number of nitriles is 4. The number of thioether (sulfide) groups is 4. The Bertz CT molecular complexity index is 5720. The molecule has 8 heterocycles. The van der Waals surface area contributed by atoms with Crippen LogP contribution < -0.4 is 0 Å². The zero-order valence-electron chi connectivity index (χ0n) is 70.7. The molecule has 1 N–H and O–H groups in total. The lowest BCUT2D eigenvalue weighted by atomic mass is 9.98. The van der Waals surface area contributed by atoms with Crippen LogP contribution in [0.4, 0.5) is 5.69 Å². The summed E-state index contributed by atoms with van der Waals surface area (Å²) in [6.45, 7) is 8.47. The summed E-state index contributed by atoms with van der Waals surface area (Å²) in [6.07, 6.45) is 13.0. The third-order valence-electron chi connectivity index (χ3n) is 22.2. The third-order valence-corrected chi connectivity index (χ3v) is 26.6. The average molecular weight is 1840 g/mol. The molecule has 4 aromatic heterocycles. The molecule has 4 fully saturated rings. The monoisotopic (exact) mass is 1830 g/mol. The highest BCUT2D eigenvalue weighted by Gasteiger charge is 2.27. The Balaban J connectivity index is 0.000000146. The summed E-state index contributed by atoms with van der Waals surface area (Å²) in [4.78, 5) is 99.4. The fourth-order valence-corrected chi connectivity index (χ4v) is 19.1. The quantitative estimate of drug-likeness (QED) is 0.0374. The number of carboxylic acids is 1. The zero-order valence-corrected chi connectivity index (χ0v) is 75.5. The molecule has 0 atom stereocenters. The summed E-state index contributed by atoms with van der Waals surface area (Å²) >= 11 is 8.75. The molecule has 4 saturated heterocycles. The highest BCUT2D eigenvalue weighted by molar-refractivity contribution is 9.10. The third kappa shape index (κ3) is 24.8. The van der Waals surface area contributed by atoms with Gasteiger partial charge in [-0.3, -0.25) is 29.3 Å². The predicted octanol–water partition coefficient (Wildman–Crippen LogP) is 22.2. The number of aromatic nitrogens is 4. The highest BCUT2D eigenvalue weighted by atomic mass is 79.9. The first-order valence-corrected chi connectivity index (χ1v) is 47.2. The molecule has 0 bridgehead atoms. The molecule has 4 aliphatic rings. The molecule has 0 aliphatic carbocycles. The van der Waals surface area contributed by atoms with Gasteiger partial charge in [0, 0.05) is 113 Å². The molecule has 128 heavy (non-hydrogen) atoms. The van der Waals surface area contributed by atoms with Crippen LogP contribution >= 0.6 is 63.0 Å². The number of pyridine rings is 4. The lowest BCUT2D eigenvalue weighted by Crippen LogP contribution is -2.36. The van der Waals surface area contributed by atoms with Crippen LogP contribution in [0.15, 0.2) is 267 Å². The van der Waals surface area contributed by atoms with Crippen molar-refractivity contribution >= 4 is 98.3 Å². The Morgan fingerprint density at radius 3 is 0.820 bits per heavy atom. The minimum atomic E-state index is -1.01. The van der Waals surface area contributed by atoms with Crippen LogP contribution in [-0.4, -0.2) is 155 Å². The number of hydrogen-bond donors (Lipinski definition) is 1. The second-order valence-electron chi connectivity index (χ2n) is 30.8. The van der Waals surface area contributed by atoms with Crippen LogP contribution in [0, 0.1) is 62.4 Å². The first-order valence-electron chi connectivity index (χ1n) is 42.5. The maximum atomic E-state index is 12.7. The van der Waals surface area contributed by atoms with Crippen LogP contribution in [0.25, 0.3) is 89.5 Å². The summed E-state index contributed by atoms with van der Waals surface area (Å²) in [5.41, 5.74) is 16.1. The molecule has 0 spiro atoms. The SMILES string of the molecule is Cc1ccc(-c2cc(-c3ccccc3)nc(SCC(=O)N3CCCCC3)c2C#N)cc1.N#Cc1c(-c2ccc(Br)cc2)cc(-c2ccccc2)nc1SCC(=O)N1CCCCC1.N#Cc1c(-c2ccc(C(=O)O)cc2)cc(-c2ccccc2)nc1SCC(=O)N1CCCCC1.N#Cc1c(-c2ccc([N+](=O)[O-])cc2)cc(-c2ccccc2)nc1SCC(=O)N1CCCCC1. The minimum Gasteiger partial charge on any atom is -0.478 e. The van der Waals surface area contributed by atoms with Crippen molar-refractivity contribution in [2.75, 3.05) is 75.4 Å². The van der Waals surface area contributed by atoms with Crippen molar-refractivity contribution in [3.8, 4) is 114 Å². The summed E-state index contributed by atoms with van der Waals surface area (Å²) in [7, 11) is 0. The van der Waals surface area contributed by atoms with Crippen LogP contribution in [0.2, 0.25) is 0 Å². The molecular formula is C102H92BrN13O8S4. The number of carboxylic acid groups (broad SMARTS) is 1. The van der Waals surface area contributed by atoms with Gasteiger partial charge >= 0.3 is 5.97 Å². The van der Waals surface area contributed by atoms with Gasteiger partial charge in [-0.25, -0.2) is 24.7 Å². The van der Waals surface area contributed by atoms with Gasteiger partial charge in [0.25, 0.3) is 5.69 Å². The number of non-ortho nitro benzene ring substituents is 1. The minimum absolute atomic E-state index is 0.0173. The Morgan fingerprint density at radius 1 is 0.352 bits per heavy atom. The number of aromatic carboxylic acids is 1. The molecule has 4 amide bonds. The standard InChI is InChI=1S/C26H23N3O3S.C26H25N3OS.C25H22BrN3OS.C25H22N4O3S/c27-16-22-21(18-9-11-20(12-10-18)26(31)32)15-23(19-7-3-1-4-8-19)28-25(22)33-17-24(30)29-13-5-2-6-14-29;1-19-10-12-20(13-11-19)22-16-24(21-8-4-2-5-9-21)28-26(23(22)17-27)31-18-25(30)29-14-6-3-7-15-29;26-20-11-9-18(10-12-20)21-15-23(19-7-3-1-4-8-19)28-25(22(21)16-27)31-17-24(30)29-13-5-2-6-14-29;26-16-22-21(18-9-11-20(12-10-18)29(31)32)15-23(19-7-3-1-4-8-19)27-25(22)33-17-24(30)28-13-5-2-6-14-28/h1,3-4,7-12,15H,2,5-6,13-14,17H2,(H,31,32);2,4-5,8-13,16H,3,6-7,14-15,18H2,1H3;1,3-4,7-12,15H,2,5-6,13-14,17H2;1,3-4,7-12,15H,2,5-6,13-14,17H2. The highest BCUT2D eigenvalue weighted by Crippen LogP contribution is 2.41. The molecule has 8 aromatic carbocycles. The number of piperidine rings is 4. The normalized spacial score (nSPS) is 13.5. The smallest absolute Gasteiger partial charge is 0.335 e. The van der Waals surface area contributed by atoms with E-state index >= 15 is 0 Å². The van der Waals surface area contributed by atoms with Crippen LogP contribution in [0.1, 0.15) is 115 Å². The van der Waals surface area contributed by atoms with E-state index in [1.54, 1.807) is 24.3 Å². The molecule has 26 heteroatoms. The van der Waals surface area contributed by atoms with Gasteiger partial charge in [-0.05, 0) is 167 Å². The molecule has 4 aliphatic heterocycles. The maximum absolute atomic E-state index is 12.7. The predicted molar refractivity (Wildman–Crippen MR) is 510 cm³/mol. The van der Waals surface area contributed by atoms with Gasteiger partial charge in [-0.15, -0.1) is 0 Å². The maximum Gasteiger partial charge on any atom is 0.335 e. The number of aryl methyl sites for hydroxylation is 1. The number of rotatable bonds is 22. The Morgan fingerprint density at radius 2 is 0.586 bits per heavy atom. The lowest BCUT2D eigenvalue weighted by Gasteiger charge is -2.26. The summed E-state index contributed by atoms with van der Waals surface area (Å²) in [6, 6.07) is 84.6. The number of hydrogen-bond acceptors (Lipinski definition) is 19. The van der Waals surface area contributed by atoms with Crippen LogP contribution in [0.3, 0.4) is 0 Å². The molecule has 644 valence electrons. The summed E-state index contributed by atoms with van der Waals surface area (Å²) < 4.78 is 0.980. The average Bonchev–Trinajstić information content (AvgIpc) is 0.803. The first kappa shape index (κ1) is 92.6. The molecule has 21 nitrogen and oxygen atoms in total. The van der Waals surface area contributed by atoms with Crippen molar-refractivity contribution in [1.29, 1.82) is 21.0 Å². The fraction of sp³-hybridized carbons (Fsp3) is 0.245. The largest absolute Gasteiger partial charge is 0.478 e. The van der Waals surface area contributed by atoms with E-state index in [0.29, 0.717) is 81.9 Å². The second-order valence-corrected chi connectivity index (χ2v) is 35.6. The van der Waals surface area contributed by atoms with Crippen LogP contribution in [-0.2, 0) is 19.2 Å². The van der Waals surface area contributed by atoms with Crippen molar-refractivity contribution in [2.24, 2.45) is 0 Å². The van der Waals surface area contributed by atoms with Gasteiger partial charge in [0.05, 0.1) is 78.5 Å². The zero-order chi connectivity index (χ0) is 89.7. The van der Waals surface area contributed by atoms with Gasteiger partial charge in [-0.1, -0.05) is 238 Å². The number of carbonyl (C=O) groups is 5. The number of likely N-dealkylation sites (tertiary alicyclic amines) is 4. The van der Waals surface area contributed by atoms with Gasteiger partial charge in [0.2, 0.25) is 23.6 Å². The fourth-order valence-electron chi connectivity index (χ4n) is 15.3. The van der Waals surface area contributed by atoms with E-state index in [2.05, 4.69) is 40.2 Å². The Hall–Kier alpha value is -13.1. The number of amides is 4. The number of nitrogens with zero attached hydrogens (tertiary/aromatic N) is 13. The van der Waals surface area contributed by atoms with E-state index in [4.69, 9.17) is 19.9 Å². The lowest BCUT2D eigenvalue weighted by molar-refractivity contribution is -0.384. The van der Waals surface area contributed by atoms with Crippen molar-refractivity contribution in [2.45, 2.75) is 104 Å². The van der Waals surface area contributed by atoms with E-state index < -0.39 is 10.9 Å². The van der Waals surface area contributed by atoms with Crippen molar-refractivity contribution in [3.05, 3.63) is 291 Å². The molecule has 0 saturated carbocycles. The Kier molecular flexibility index (Phi) is 33.6. The first-order chi connectivity index (χ1) is 62.4. The summed E-state index contributed by atoms with van der Waals surface area (Å²) in [5, 5.41) is 62.4. The summed E-state index contributed by atoms with van der Waals surface area (Å²) in [5.74, 6) is 0.358. The van der Waals surface area contributed by atoms with E-state index in [1.807, 2.05) is 221 Å². The number of carbonyl (C=O) groups excluding carboxylic acids is 4. The van der Waals surface area contributed by atoms with Gasteiger partial charge in [0.1, 0.15) is 44.4 Å². The Labute approximate surface area is 771 Å². The van der Waals surface area contributed by atoms with Gasteiger partial charge < -0.3 is 24.7 Å². The topological polar surface area (TPSA) is 308 Å². The number of nitro groups is 1. The second kappa shape index (κ2) is 46.4. The van der Waals surface area contributed by atoms with E-state index in [0.717, 1.165) is 182 Å². The van der Waals surface area contributed by atoms with E-state index in [9.17, 15) is 60.2 Å². The van der Waals surface area contributed by atoms with Gasteiger partial charge in [0.15, 0.2) is 0 Å². The molecule has 12 aromatic rings. The van der Waals surface area contributed by atoms with Crippen molar-refractivity contribution in [1.82, 2.24) is 39.5 Å². The van der Waals surface area contributed by atoms with Crippen molar-refractivity contribution in [3.63, 3.8) is 0 Å².